The van der Waals surface area contributed by atoms with E-state index >= 15 is 0 Å². The first-order valence-electron chi connectivity index (χ1n) is 7.24. The second-order valence-corrected chi connectivity index (χ2v) is 5.77. The summed E-state index contributed by atoms with van der Waals surface area (Å²) in [4.78, 5) is 2.58. The lowest BCUT2D eigenvalue weighted by Crippen LogP contribution is -2.33. The van der Waals surface area contributed by atoms with Crippen LogP contribution in [0.2, 0.25) is 0 Å². The first kappa shape index (κ1) is 11.6. The maximum absolute atomic E-state index is 6.33. The lowest BCUT2D eigenvalue weighted by molar-refractivity contribution is 0.170. The highest BCUT2D eigenvalue weighted by atomic mass is 16.6. The van der Waals surface area contributed by atoms with Gasteiger partial charge in [-0.3, -0.25) is 4.90 Å². The van der Waals surface area contributed by atoms with Crippen molar-refractivity contribution in [3.05, 3.63) is 23.8 Å². The molecular formula is C15H20N2O2. The van der Waals surface area contributed by atoms with Crippen molar-refractivity contribution in [3.8, 4) is 11.5 Å². The number of hydrogen-bond donors (Lipinski definition) is 1. The molecule has 0 bridgehead atoms. The van der Waals surface area contributed by atoms with Crippen molar-refractivity contribution >= 4 is 0 Å². The summed E-state index contributed by atoms with van der Waals surface area (Å²) in [5.74, 6) is 1.73. The summed E-state index contributed by atoms with van der Waals surface area (Å²) in [6, 6.07) is 7.65. The molecule has 0 radical (unpaired) electrons. The van der Waals surface area contributed by atoms with Crippen LogP contribution in [0, 0.1) is 0 Å². The summed E-state index contributed by atoms with van der Waals surface area (Å²) in [5, 5.41) is 0. The lowest BCUT2D eigenvalue weighted by atomic mass is 10.00. The fraction of sp³-hybridized carbons (Fsp3) is 0.600. The van der Waals surface area contributed by atoms with E-state index in [9.17, 15) is 0 Å². The van der Waals surface area contributed by atoms with Crippen molar-refractivity contribution in [1.29, 1.82) is 0 Å². The van der Waals surface area contributed by atoms with E-state index in [0.29, 0.717) is 19.3 Å². The molecule has 4 rings (SSSR count). The zero-order valence-corrected chi connectivity index (χ0v) is 11.0. The number of fused-ring (bicyclic) bond motifs is 1. The van der Waals surface area contributed by atoms with E-state index in [1.807, 2.05) is 6.07 Å². The predicted octanol–water partition coefficient (Wildman–Crippen LogP) is 1.69. The van der Waals surface area contributed by atoms with Crippen molar-refractivity contribution in [3.63, 3.8) is 0 Å². The SMILES string of the molecule is NC1CCN(C2CC2)C1c1ccc2c(c1)OCCO2. The molecular weight excluding hydrogens is 240 g/mol. The van der Waals surface area contributed by atoms with Gasteiger partial charge in [0.25, 0.3) is 0 Å². The van der Waals surface area contributed by atoms with Gasteiger partial charge in [0.15, 0.2) is 11.5 Å². The molecule has 0 aromatic heterocycles. The smallest absolute Gasteiger partial charge is 0.161 e. The van der Waals surface area contributed by atoms with Crippen LogP contribution in [0.15, 0.2) is 18.2 Å². The van der Waals surface area contributed by atoms with E-state index in [4.69, 9.17) is 15.2 Å². The van der Waals surface area contributed by atoms with Gasteiger partial charge in [0.2, 0.25) is 0 Å². The van der Waals surface area contributed by atoms with Crippen LogP contribution in [-0.4, -0.2) is 36.7 Å². The first-order chi connectivity index (χ1) is 9.33. The van der Waals surface area contributed by atoms with Crippen LogP contribution in [0.4, 0.5) is 0 Å². The molecule has 1 saturated heterocycles. The Morgan fingerprint density at radius 3 is 2.63 bits per heavy atom. The van der Waals surface area contributed by atoms with Crippen LogP contribution < -0.4 is 15.2 Å². The van der Waals surface area contributed by atoms with E-state index in [0.717, 1.165) is 30.5 Å². The molecule has 102 valence electrons. The van der Waals surface area contributed by atoms with Gasteiger partial charge in [-0.1, -0.05) is 6.07 Å². The Labute approximate surface area is 113 Å². The van der Waals surface area contributed by atoms with E-state index in [2.05, 4.69) is 17.0 Å². The summed E-state index contributed by atoms with van der Waals surface area (Å²) >= 11 is 0. The highest BCUT2D eigenvalue weighted by Crippen LogP contribution is 2.42. The quantitative estimate of drug-likeness (QED) is 0.879. The Hall–Kier alpha value is -1.26. The summed E-state index contributed by atoms with van der Waals surface area (Å²) in [7, 11) is 0. The first-order valence-corrected chi connectivity index (χ1v) is 7.24. The normalized spacial score (nSPS) is 30.6. The van der Waals surface area contributed by atoms with Gasteiger partial charge >= 0.3 is 0 Å². The Bertz CT molecular complexity index is 487. The molecule has 1 aliphatic carbocycles. The van der Waals surface area contributed by atoms with Crippen LogP contribution in [0.25, 0.3) is 0 Å². The Kier molecular flexibility index (Phi) is 2.67. The third-order valence-electron chi connectivity index (χ3n) is 4.41. The lowest BCUT2D eigenvalue weighted by Gasteiger charge is -2.28. The van der Waals surface area contributed by atoms with Crippen LogP contribution in [0.3, 0.4) is 0 Å². The van der Waals surface area contributed by atoms with Gasteiger partial charge in [-0.15, -0.1) is 0 Å². The Morgan fingerprint density at radius 1 is 1.05 bits per heavy atom. The van der Waals surface area contributed by atoms with Gasteiger partial charge in [-0.05, 0) is 37.0 Å². The second kappa shape index (κ2) is 4.39. The molecule has 2 aliphatic heterocycles. The summed E-state index contributed by atoms with van der Waals surface area (Å²) in [6.07, 6.45) is 3.75. The maximum Gasteiger partial charge on any atom is 0.161 e. The van der Waals surface area contributed by atoms with Crippen molar-refractivity contribution in [2.24, 2.45) is 5.73 Å². The van der Waals surface area contributed by atoms with Crippen molar-refractivity contribution in [2.45, 2.75) is 37.4 Å². The summed E-state index contributed by atoms with van der Waals surface area (Å²) in [5.41, 5.74) is 7.61. The number of rotatable bonds is 2. The molecule has 1 aromatic carbocycles. The molecule has 2 N–H and O–H groups in total. The highest BCUT2D eigenvalue weighted by molar-refractivity contribution is 5.45. The van der Waals surface area contributed by atoms with Gasteiger partial charge in [0.1, 0.15) is 13.2 Å². The third kappa shape index (κ3) is 1.99. The zero-order chi connectivity index (χ0) is 12.8. The zero-order valence-electron chi connectivity index (χ0n) is 11.0. The summed E-state index contributed by atoms with van der Waals surface area (Å²) < 4.78 is 11.3. The third-order valence-corrected chi connectivity index (χ3v) is 4.41. The minimum atomic E-state index is 0.239. The molecule has 1 aromatic rings. The standard InChI is InChI=1S/C15H20N2O2/c16-12-5-6-17(11-2-3-11)15(12)10-1-4-13-14(9-10)19-8-7-18-13/h1,4,9,11-12,15H,2-3,5-8,16H2. The molecule has 0 spiro atoms. The fourth-order valence-corrected chi connectivity index (χ4v) is 3.34. The number of nitrogens with two attached hydrogens (primary N) is 1. The summed E-state index contributed by atoms with van der Waals surface area (Å²) in [6.45, 7) is 2.41. The van der Waals surface area contributed by atoms with Gasteiger partial charge in [-0.2, -0.15) is 0 Å². The maximum atomic E-state index is 6.33. The van der Waals surface area contributed by atoms with E-state index < -0.39 is 0 Å². The minimum absolute atomic E-state index is 0.239. The van der Waals surface area contributed by atoms with Crippen molar-refractivity contribution < 1.29 is 9.47 Å². The molecule has 1 saturated carbocycles. The van der Waals surface area contributed by atoms with Crippen LogP contribution >= 0.6 is 0 Å². The highest BCUT2D eigenvalue weighted by Gasteiger charge is 2.41. The van der Waals surface area contributed by atoms with Crippen LogP contribution in [0.1, 0.15) is 30.9 Å². The van der Waals surface area contributed by atoms with E-state index in [1.165, 1.54) is 18.4 Å². The molecule has 2 fully saturated rings. The Morgan fingerprint density at radius 2 is 1.84 bits per heavy atom. The molecule has 2 heterocycles. The second-order valence-electron chi connectivity index (χ2n) is 5.77. The fourth-order valence-electron chi connectivity index (χ4n) is 3.34. The van der Waals surface area contributed by atoms with Crippen molar-refractivity contribution in [1.82, 2.24) is 4.90 Å². The average Bonchev–Trinajstić information content (AvgIpc) is 3.21. The number of likely N-dealkylation sites (tertiary alicyclic amines) is 1. The number of ether oxygens (including phenoxy) is 2. The molecule has 2 atom stereocenters. The molecule has 0 amide bonds. The number of hydrogen-bond acceptors (Lipinski definition) is 4. The molecule has 19 heavy (non-hydrogen) atoms. The minimum Gasteiger partial charge on any atom is -0.486 e. The Balaban J connectivity index is 1.66. The molecule has 4 nitrogen and oxygen atoms in total. The molecule has 4 heteroatoms. The largest absolute Gasteiger partial charge is 0.486 e. The van der Waals surface area contributed by atoms with Gasteiger partial charge < -0.3 is 15.2 Å². The predicted molar refractivity (Wildman–Crippen MR) is 72.5 cm³/mol. The van der Waals surface area contributed by atoms with Crippen LogP contribution in [0.5, 0.6) is 11.5 Å². The number of nitrogens with zero attached hydrogens (tertiary/aromatic N) is 1. The van der Waals surface area contributed by atoms with Crippen molar-refractivity contribution in [2.75, 3.05) is 19.8 Å². The topological polar surface area (TPSA) is 47.7 Å². The van der Waals surface area contributed by atoms with E-state index in [1.54, 1.807) is 0 Å². The van der Waals surface area contributed by atoms with Gasteiger partial charge in [0.05, 0.1) is 6.04 Å². The van der Waals surface area contributed by atoms with Crippen LogP contribution in [-0.2, 0) is 0 Å². The number of benzene rings is 1. The molecule has 3 aliphatic rings. The molecule has 2 unspecified atom stereocenters. The monoisotopic (exact) mass is 260 g/mol. The average molecular weight is 260 g/mol. The van der Waals surface area contributed by atoms with Gasteiger partial charge in [-0.25, -0.2) is 0 Å². The van der Waals surface area contributed by atoms with Gasteiger partial charge in [0, 0.05) is 18.6 Å². The van der Waals surface area contributed by atoms with E-state index in [-0.39, 0.29) is 6.04 Å².